The van der Waals surface area contributed by atoms with Gasteiger partial charge in [0.15, 0.2) is 0 Å². The number of fused-ring (bicyclic) bond motifs is 10. The SMILES string of the molecule is O=C1NCc2c1c1c(c3c2c2ccccc2n3Cc2ccccn2)-c2ccccc2CC1. The Labute approximate surface area is 185 Å². The van der Waals surface area contributed by atoms with E-state index in [-0.39, 0.29) is 5.91 Å². The number of para-hydroxylation sites is 1. The van der Waals surface area contributed by atoms with E-state index in [1.165, 1.54) is 44.1 Å². The van der Waals surface area contributed by atoms with Crippen molar-refractivity contribution in [3.05, 3.63) is 101 Å². The average molecular weight is 415 g/mol. The van der Waals surface area contributed by atoms with E-state index in [1.807, 2.05) is 18.3 Å². The summed E-state index contributed by atoms with van der Waals surface area (Å²) in [6.45, 7) is 1.29. The van der Waals surface area contributed by atoms with E-state index in [2.05, 4.69) is 69.5 Å². The van der Waals surface area contributed by atoms with Crippen molar-refractivity contribution < 1.29 is 4.79 Å². The summed E-state index contributed by atoms with van der Waals surface area (Å²) in [4.78, 5) is 17.6. The number of benzene rings is 3. The van der Waals surface area contributed by atoms with E-state index in [9.17, 15) is 4.79 Å². The molecule has 0 saturated heterocycles. The van der Waals surface area contributed by atoms with Crippen LogP contribution in [0.2, 0.25) is 0 Å². The lowest BCUT2D eigenvalue weighted by molar-refractivity contribution is 0.0965. The van der Waals surface area contributed by atoms with Gasteiger partial charge in [0.25, 0.3) is 5.91 Å². The van der Waals surface area contributed by atoms with Crippen LogP contribution in [-0.2, 0) is 25.9 Å². The standard InChI is InChI=1S/C28H21N3O/c32-28-26-21-13-12-17-7-1-2-9-19(17)24(21)27-25(22(26)15-30-28)20-10-3-4-11-23(20)31(27)16-18-8-5-6-14-29-18/h1-11,14H,12-13,15-16H2,(H,30,32). The number of nitrogens with one attached hydrogen (secondary N) is 1. The van der Waals surface area contributed by atoms with Gasteiger partial charge in [0.2, 0.25) is 0 Å². The van der Waals surface area contributed by atoms with Gasteiger partial charge >= 0.3 is 0 Å². The second-order valence-electron chi connectivity index (χ2n) is 8.69. The number of amides is 1. The smallest absolute Gasteiger partial charge is 0.252 e. The highest BCUT2D eigenvalue weighted by Gasteiger charge is 2.33. The van der Waals surface area contributed by atoms with E-state index < -0.39 is 0 Å². The Morgan fingerprint density at radius 3 is 2.62 bits per heavy atom. The van der Waals surface area contributed by atoms with Gasteiger partial charge in [-0.3, -0.25) is 9.78 Å². The topological polar surface area (TPSA) is 46.9 Å². The van der Waals surface area contributed by atoms with Crippen LogP contribution in [0.25, 0.3) is 32.9 Å². The van der Waals surface area contributed by atoms with Gasteiger partial charge < -0.3 is 9.88 Å². The molecule has 4 nitrogen and oxygen atoms in total. The Morgan fingerprint density at radius 2 is 1.72 bits per heavy atom. The molecule has 7 rings (SSSR count). The molecule has 0 atom stereocenters. The van der Waals surface area contributed by atoms with E-state index in [0.717, 1.165) is 29.7 Å². The van der Waals surface area contributed by atoms with Crippen LogP contribution in [0.4, 0.5) is 0 Å². The zero-order valence-corrected chi connectivity index (χ0v) is 17.6. The van der Waals surface area contributed by atoms with Crippen LogP contribution in [0.1, 0.15) is 32.7 Å². The first kappa shape index (κ1) is 17.7. The summed E-state index contributed by atoms with van der Waals surface area (Å²) in [6.07, 6.45) is 3.71. The summed E-state index contributed by atoms with van der Waals surface area (Å²) in [5, 5.41) is 5.53. The van der Waals surface area contributed by atoms with Crippen LogP contribution in [0.15, 0.2) is 72.9 Å². The van der Waals surface area contributed by atoms with Gasteiger partial charge in [0, 0.05) is 40.2 Å². The monoisotopic (exact) mass is 415 g/mol. The quantitative estimate of drug-likeness (QED) is 0.428. The largest absolute Gasteiger partial charge is 0.348 e. The van der Waals surface area contributed by atoms with Crippen LogP contribution >= 0.6 is 0 Å². The number of hydrogen-bond acceptors (Lipinski definition) is 2. The molecule has 3 aromatic carbocycles. The molecular weight excluding hydrogens is 394 g/mol. The molecule has 0 bridgehead atoms. The summed E-state index contributed by atoms with van der Waals surface area (Å²) < 4.78 is 2.41. The number of carbonyl (C=O) groups excluding carboxylic acids is 1. The third kappa shape index (κ3) is 2.32. The first-order chi connectivity index (χ1) is 15.8. The Hall–Kier alpha value is -3.92. The van der Waals surface area contributed by atoms with Crippen molar-refractivity contribution in [2.45, 2.75) is 25.9 Å². The summed E-state index contributed by atoms with van der Waals surface area (Å²) in [5.41, 5.74) is 10.5. The summed E-state index contributed by atoms with van der Waals surface area (Å²) in [6, 6.07) is 23.3. The first-order valence-electron chi connectivity index (χ1n) is 11.2. The highest BCUT2D eigenvalue weighted by molar-refractivity contribution is 6.20. The lowest BCUT2D eigenvalue weighted by atomic mass is 9.80. The Balaban J connectivity index is 1.69. The Kier molecular flexibility index (Phi) is 3.62. The molecule has 0 unspecified atom stereocenters. The van der Waals surface area contributed by atoms with Crippen LogP contribution in [0.5, 0.6) is 0 Å². The molecule has 0 spiro atoms. The molecule has 5 aromatic rings. The molecule has 1 amide bonds. The third-order valence-corrected chi connectivity index (χ3v) is 7.04. The number of nitrogens with zero attached hydrogens (tertiary/aromatic N) is 2. The maximum atomic E-state index is 13.0. The number of hydrogen-bond donors (Lipinski definition) is 1. The molecule has 3 heterocycles. The van der Waals surface area contributed by atoms with Gasteiger partial charge in [0.1, 0.15) is 0 Å². The molecule has 2 aromatic heterocycles. The molecule has 0 saturated carbocycles. The van der Waals surface area contributed by atoms with Gasteiger partial charge in [-0.25, -0.2) is 0 Å². The van der Waals surface area contributed by atoms with Gasteiger partial charge in [0.05, 0.1) is 17.8 Å². The van der Waals surface area contributed by atoms with E-state index in [1.54, 1.807) is 0 Å². The number of carbonyl (C=O) groups is 1. The molecule has 2 aliphatic rings. The number of aromatic nitrogens is 2. The van der Waals surface area contributed by atoms with Crippen molar-refractivity contribution in [1.82, 2.24) is 14.9 Å². The van der Waals surface area contributed by atoms with E-state index in [0.29, 0.717) is 13.1 Å². The lowest BCUT2D eigenvalue weighted by Gasteiger charge is -2.24. The predicted octanol–water partition coefficient (Wildman–Crippen LogP) is 5.25. The highest BCUT2D eigenvalue weighted by atomic mass is 16.1. The normalized spacial score (nSPS) is 14.3. The Bertz CT molecular complexity index is 1560. The predicted molar refractivity (Wildman–Crippen MR) is 127 cm³/mol. The number of aryl methyl sites for hydroxylation is 1. The zero-order valence-electron chi connectivity index (χ0n) is 17.6. The minimum atomic E-state index is 0.0686. The van der Waals surface area contributed by atoms with Gasteiger partial charge in [-0.05, 0) is 53.3 Å². The minimum absolute atomic E-state index is 0.0686. The maximum absolute atomic E-state index is 13.0. The van der Waals surface area contributed by atoms with Crippen molar-refractivity contribution in [2.24, 2.45) is 0 Å². The summed E-state index contributed by atoms with van der Waals surface area (Å²) in [5.74, 6) is 0.0686. The molecule has 1 aliphatic heterocycles. The van der Waals surface area contributed by atoms with E-state index in [4.69, 9.17) is 0 Å². The maximum Gasteiger partial charge on any atom is 0.252 e. The van der Waals surface area contributed by atoms with Crippen molar-refractivity contribution in [3.63, 3.8) is 0 Å². The average Bonchev–Trinajstić information content (AvgIpc) is 3.38. The van der Waals surface area contributed by atoms with Crippen molar-refractivity contribution >= 4 is 27.7 Å². The molecular formula is C28H21N3O. The van der Waals surface area contributed by atoms with Crippen molar-refractivity contribution in [2.75, 3.05) is 0 Å². The second kappa shape index (κ2) is 6.54. The van der Waals surface area contributed by atoms with Crippen LogP contribution < -0.4 is 5.32 Å². The molecule has 0 radical (unpaired) electrons. The van der Waals surface area contributed by atoms with Gasteiger partial charge in [-0.2, -0.15) is 0 Å². The summed E-state index contributed by atoms with van der Waals surface area (Å²) in [7, 11) is 0. The zero-order chi connectivity index (χ0) is 21.2. The molecule has 4 heteroatoms. The van der Waals surface area contributed by atoms with Gasteiger partial charge in [-0.15, -0.1) is 0 Å². The van der Waals surface area contributed by atoms with Gasteiger partial charge in [-0.1, -0.05) is 48.5 Å². The molecule has 1 N–H and O–H groups in total. The molecule has 1 aliphatic carbocycles. The summed E-state index contributed by atoms with van der Waals surface area (Å²) >= 11 is 0. The van der Waals surface area contributed by atoms with Crippen molar-refractivity contribution in [3.8, 4) is 11.1 Å². The molecule has 154 valence electrons. The fourth-order valence-electron chi connectivity index (χ4n) is 5.75. The fraction of sp³-hybridized carbons (Fsp3) is 0.143. The second-order valence-corrected chi connectivity index (χ2v) is 8.69. The first-order valence-corrected chi connectivity index (χ1v) is 11.2. The third-order valence-electron chi connectivity index (χ3n) is 7.04. The van der Waals surface area contributed by atoms with Crippen LogP contribution in [0, 0.1) is 0 Å². The molecule has 32 heavy (non-hydrogen) atoms. The van der Waals surface area contributed by atoms with Crippen molar-refractivity contribution in [1.29, 1.82) is 0 Å². The minimum Gasteiger partial charge on any atom is -0.348 e. The van der Waals surface area contributed by atoms with Crippen LogP contribution in [0.3, 0.4) is 0 Å². The van der Waals surface area contributed by atoms with Crippen LogP contribution in [-0.4, -0.2) is 15.5 Å². The Morgan fingerprint density at radius 1 is 0.875 bits per heavy atom. The number of pyridine rings is 1. The number of rotatable bonds is 2. The lowest BCUT2D eigenvalue weighted by Crippen LogP contribution is -2.16. The molecule has 0 fully saturated rings. The highest BCUT2D eigenvalue weighted by Crippen LogP contribution is 2.47. The fourth-order valence-corrected chi connectivity index (χ4v) is 5.75. The van der Waals surface area contributed by atoms with E-state index >= 15 is 0 Å².